The van der Waals surface area contributed by atoms with Gasteiger partial charge in [0.25, 0.3) is 0 Å². The van der Waals surface area contributed by atoms with Crippen molar-refractivity contribution in [2.24, 2.45) is 0 Å². The van der Waals surface area contributed by atoms with Gasteiger partial charge < -0.3 is 5.32 Å². The summed E-state index contributed by atoms with van der Waals surface area (Å²) in [6.45, 7) is 4.42. The summed E-state index contributed by atoms with van der Waals surface area (Å²) in [6.07, 6.45) is 1.88. The number of carbonyl (C=O) groups is 1. The molecule has 0 saturated heterocycles. The summed E-state index contributed by atoms with van der Waals surface area (Å²) >= 11 is 0. The Morgan fingerprint density at radius 2 is 1.65 bits per heavy atom. The SMILES string of the molecule is CC(C)c1ccccc1NC(=O)CCCN(c1ccccc1)S(C)(=O)=O. The number of carbonyl (C=O) groups excluding carboxylic acids is 1. The van der Waals surface area contributed by atoms with Gasteiger partial charge in [0.05, 0.1) is 11.9 Å². The van der Waals surface area contributed by atoms with Gasteiger partial charge in [-0.2, -0.15) is 0 Å². The standard InChI is InChI=1S/C20H26N2O3S/c1-16(2)18-12-7-8-13-19(18)21-20(23)14-9-15-22(26(3,24)25)17-10-5-4-6-11-17/h4-8,10-13,16H,9,14-15H2,1-3H3,(H,21,23). The summed E-state index contributed by atoms with van der Waals surface area (Å²) in [5.74, 6) is 0.199. The van der Waals surface area contributed by atoms with Crippen LogP contribution in [0.3, 0.4) is 0 Å². The van der Waals surface area contributed by atoms with Crippen molar-refractivity contribution in [1.82, 2.24) is 0 Å². The van der Waals surface area contributed by atoms with Crippen molar-refractivity contribution >= 4 is 27.3 Å². The zero-order valence-corrected chi connectivity index (χ0v) is 16.3. The van der Waals surface area contributed by atoms with Crippen LogP contribution < -0.4 is 9.62 Å². The summed E-state index contributed by atoms with van der Waals surface area (Å²) < 4.78 is 25.4. The molecule has 2 aromatic rings. The van der Waals surface area contributed by atoms with Crippen LogP contribution in [0.25, 0.3) is 0 Å². The maximum Gasteiger partial charge on any atom is 0.232 e. The summed E-state index contributed by atoms with van der Waals surface area (Å²) in [5, 5.41) is 2.94. The van der Waals surface area contributed by atoms with Gasteiger partial charge in [-0.1, -0.05) is 50.2 Å². The van der Waals surface area contributed by atoms with Gasteiger partial charge in [0, 0.05) is 18.7 Å². The fourth-order valence-corrected chi connectivity index (χ4v) is 3.76. The van der Waals surface area contributed by atoms with Gasteiger partial charge in [0.2, 0.25) is 15.9 Å². The average Bonchev–Trinajstić information content (AvgIpc) is 2.58. The summed E-state index contributed by atoms with van der Waals surface area (Å²) in [5.41, 5.74) is 2.51. The topological polar surface area (TPSA) is 66.5 Å². The minimum atomic E-state index is -3.39. The molecule has 0 saturated carbocycles. The first kappa shape index (κ1) is 20.0. The highest BCUT2D eigenvalue weighted by Crippen LogP contribution is 2.24. The van der Waals surface area contributed by atoms with E-state index in [0.717, 1.165) is 11.3 Å². The highest BCUT2D eigenvalue weighted by molar-refractivity contribution is 7.92. The zero-order valence-electron chi connectivity index (χ0n) is 15.5. The van der Waals surface area contributed by atoms with Gasteiger partial charge in [-0.15, -0.1) is 0 Å². The Bertz CT molecular complexity index is 833. The lowest BCUT2D eigenvalue weighted by atomic mass is 10.0. The molecule has 0 fully saturated rings. The van der Waals surface area contributed by atoms with Gasteiger partial charge in [0.15, 0.2) is 0 Å². The Kier molecular flexibility index (Phi) is 6.80. The molecule has 6 heteroatoms. The molecule has 2 aromatic carbocycles. The summed E-state index contributed by atoms with van der Waals surface area (Å²) in [7, 11) is -3.39. The molecule has 0 aliphatic rings. The van der Waals surface area contributed by atoms with Gasteiger partial charge in [-0.05, 0) is 36.1 Å². The van der Waals surface area contributed by atoms with Crippen molar-refractivity contribution in [3.05, 3.63) is 60.2 Å². The van der Waals surface area contributed by atoms with E-state index in [2.05, 4.69) is 19.2 Å². The molecule has 0 aromatic heterocycles. The molecular weight excluding hydrogens is 348 g/mol. The second-order valence-corrected chi connectivity index (χ2v) is 8.47. The first-order valence-corrected chi connectivity index (χ1v) is 10.6. The molecule has 140 valence electrons. The van der Waals surface area contributed by atoms with Crippen molar-refractivity contribution in [3.8, 4) is 0 Å². The minimum Gasteiger partial charge on any atom is -0.326 e. The number of nitrogens with one attached hydrogen (secondary N) is 1. The van der Waals surface area contributed by atoms with Gasteiger partial charge in [0.1, 0.15) is 0 Å². The monoisotopic (exact) mass is 374 g/mol. The van der Waals surface area contributed by atoms with Crippen LogP contribution >= 0.6 is 0 Å². The van der Waals surface area contributed by atoms with E-state index in [9.17, 15) is 13.2 Å². The number of amides is 1. The lowest BCUT2D eigenvalue weighted by molar-refractivity contribution is -0.116. The highest BCUT2D eigenvalue weighted by Gasteiger charge is 2.17. The Morgan fingerprint density at radius 1 is 1.04 bits per heavy atom. The number of nitrogens with zero attached hydrogens (tertiary/aromatic N) is 1. The van der Waals surface area contributed by atoms with Crippen molar-refractivity contribution < 1.29 is 13.2 Å². The van der Waals surface area contributed by atoms with Crippen LogP contribution in [0.4, 0.5) is 11.4 Å². The molecule has 0 radical (unpaired) electrons. The number of sulfonamides is 1. The molecule has 0 spiro atoms. The summed E-state index contributed by atoms with van der Waals surface area (Å²) in [4.78, 5) is 12.3. The van der Waals surface area contributed by atoms with Crippen molar-refractivity contribution in [2.75, 3.05) is 22.4 Å². The maximum absolute atomic E-state index is 12.3. The van der Waals surface area contributed by atoms with E-state index in [-0.39, 0.29) is 18.9 Å². The third-order valence-electron chi connectivity index (χ3n) is 4.07. The van der Waals surface area contributed by atoms with Crippen LogP contribution in [-0.2, 0) is 14.8 Å². The van der Waals surface area contributed by atoms with Crippen molar-refractivity contribution in [3.63, 3.8) is 0 Å². The maximum atomic E-state index is 12.3. The second-order valence-electron chi connectivity index (χ2n) is 6.56. The molecule has 0 heterocycles. The summed E-state index contributed by atoms with van der Waals surface area (Å²) in [6, 6.07) is 16.7. The zero-order chi connectivity index (χ0) is 19.2. The molecular formula is C20H26N2O3S. The van der Waals surface area contributed by atoms with Gasteiger partial charge >= 0.3 is 0 Å². The number of hydrogen-bond donors (Lipinski definition) is 1. The van der Waals surface area contributed by atoms with E-state index < -0.39 is 10.0 Å². The van der Waals surface area contributed by atoms with Crippen molar-refractivity contribution in [1.29, 1.82) is 0 Å². The van der Waals surface area contributed by atoms with E-state index >= 15 is 0 Å². The molecule has 2 rings (SSSR count). The largest absolute Gasteiger partial charge is 0.326 e. The third-order valence-corrected chi connectivity index (χ3v) is 5.26. The molecule has 0 atom stereocenters. The minimum absolute atomic E-state index is 0.111. The van der Waals surface area contributed by atoms with Gasteiger partial charge in [-0.25, -0.2) is 8.42 Å². The predicted molar refractivity (Wildman–Crippen MR) is 107 cm³/mol. The predicted octanol–water partition coefficient (Wildman–Crippen LogP) is 3.99. The molecule has 1 amide bonds. The molecule has 5 nitrogen and oxygen atoms in total. The van der Waals surface area contributed by atoms with Crippen LogP contribution in [0.15, 0.2) is 54.6 Å². The van der Waals surface area contributed by atoms with Gasteiger partial charge in [-0.3, -0.25) is 9.10 Å². The third kappa shape index (κ3) is 5.59. The molecule has 0 bridgehead atoms. The quantitative estimate of drug-likeness (QED) is 0.759. The Hall–Kier alpha value is -2.34. The highest BCUT2D eigenvalue weighted by atomic mass is 32.2. The fourth-order valence-electron chi connectivity index (χ4n) is 2.79. The van der Waals surface area contributed by atoms with Crippen LogP contribution in [0.5, 0.6) is 0 Å². The lowest BCUT2D eigenvalue weighted by Gasteiger charge is -2.22. The average molecular weight is 375 g/mol. The Labute approximate surface area is 156 Å². The van der Waals surface area contributed by atoms with Crippen molar-refractivity contribution in [2.45, 2.75) is 32.6 Å². The first-order chi connectivity index (χ1) is 12.3. The number of para-hydroxylation sites is 2. The van der Waals surface area contributed by atoms with E-state index in [1.165, 1.54) is 10.6 Å². The number of hydrogen-bond acceptors (Lipinski definition) is 3. The molecule has 26 heavy (non-hydrogen) atoms. The van der Waals surface area contributed by atoms with E-state index in [0.29, 0.717) is 18.0 Å². The Morgan fingerprint density at radius 3 is 2.27 bits per heavy atom. The Balaban J connectivity index is 1.97. The fraction of sp³-hybridized carbons (Fsp3) is 0.350. The first-order valence-electron chi connectivity index (χ1n) is 8.70. The normalized spacial score (nSPS) is 11.4. The van der Waals surface area contributed by atoms with E-state index in [4.69, 9.17) is 0 Å². The molecule has 0 aliphatic carbocycles. The van der Waals surface area contributed by atoms with Crippen LogP contribution in [-0.4, -0.2) is 27.1 Å². The smallest absolute Gasteiger partial charge is 0.232 e. The number of rotatable bonds is 8. The second kappa shape index (κ2) is 8.85. The molecule has 1 N–H and O–H groups in total. The van der Waals surface area contributed by atoms with E-state index in [1.54, 1.807) is 24.3 Å². The molecule has 0 aliphatic heterocycles. The molecule has 0 unspecified atom stereocenters. The number of benzene rings is 2. The lowest BCUT2D eigenvalue weighted by Crippen LogP contribution is -2.31. The number of anilines is 2. The van der Waals surface area contributed by atoms with Crippen LogP contribution in [0.1, 0.15) is 38.2 Å². The van der Waals surface area contributed by atoms with Crippen LogP contribution in [0, 0.1) is 0 Å². The van der Waals surface area contributed by atoms with Crippen LogP contribution in [0.2, 0.25) is 0 Å². The van der Waals surface area contributed by atoms with E-state index in [1.807, 2.05) is 30.3 Å².